The molecule has 0 bridgehead atoms. The van der Waals surface area contributed by atoms with Crippen molar-refractivity contribution in [3.63, 3.8) is 0 Å². The van der Waals surface area contributed by atoms with E-state index in [0.717, 1.165) is 0 Å². The fraction of sp³-hybridized carbons (Fsp3) is 0.111. The third-order valence-corrected chi connectivity index (χ3v) is 2.05. The van der Waals surface area contributed by atoms with E-state index in [4.69, 9.17) is 4.52 Å². The molecule has 0 aliphatic heterocycles. The van der Waals surface area contributed by atoms with Crippen LogP contribution in [0, 0.1) is 10.1 Å². The van der Waals surface area contributed by atoms with Crippen LogP contribution in [0.15, 0.2) is 22.7 Å². The van der Waals surface area contributed by atoms with E-state index in [-0.39, 0.29) is 22.4 Å². The molecular weight excluding hydrogens is 216 g/mol. The molecule has 0 N–H and O–H groups in total. The number of benzene rings is 1. The molecule has 1 aromatic heterocycles. The molecule has 0 aliphatic carbocycles. The van der Waals surface area contributed by atoms with Crippen LogP contribution in [0.4, 0.5) is 5.69 Å². The van der Waals surface area contributed by atoms with Crippen molar-refractivity contribution in [3.05, 3.63) is 34.0 Å². The molecule has 0 radical (unpaired) electrons. The van der Waals surface area contributed by atoms with Gasteiger partial charge >= 0.3 is 11.7 Å². The summed E-state index contributed by atoms with van der Waals surface area (Å²) < 4.78 is 9.24. The van der Waals surface area contributed by atoms with Gasteiger partial charge in [0.2, 0.25) is 5.58 Å². The predicted octanol–water partition coefficient (Wildman–Crippen LogP) is 1.52. The highest BCUT2D eigenvalue weighted by atomic mass is 16.6. The lowest BCUT2D eigenvalue weighted by Crippen LogP contribution is -2.01. The molecule has 0 spiro atoms. The molecule has 7 nitrogen and oxygen atoms in total. The van der Waals surface area contributed by atoms with Gasteiger partial charge in [0, 0.05) is 6.07 Å². The van der Waals surface area contributed by atoms with E-state index >= 15 is 0 Å². The normalized spacial score (nSPS) is 10.3. The van der Waals surface area contributed by atoms with Gasteiger partial charge < -0.3 is 9.26 Å². The van der Waals surface area contributed by atoms with Gasteiger partial charge in [-0.25, -0.2) is 4.79 Å². The van der Waals surface area contributed by atoms with Gasteiger partial charge in [0.15, 0.2) is 5.69 Å². The minimum absolute atomic E-state index is 0.0344. The minimum Gasteiger partial charge on any atom is -0.464 e. The second kappa shape index (κ2) is 3.61. The first-order valence-electron chi connectivity index (χ1n) is 4.26. The number of fused-ring (bicyclic) bond motifs is 1. The molecule has 82 valence electrons. The molecule has 0 saturated heterocycles. The van der Waals surface area contributed by atoms with Crippen LogP contribution < -0.4 is 0 Å². The van der Waals surface area contributed by atoms with E-state index in [2.05, 4.69) is 9.89 Å². The van der Waals surface area contributed by atoms with Gasteiger partial charge in [0.05, 0.1) is 17.4 Å². The Labute approximate surface area is 88.7 Å². The average Bonchev–Trinajstić information content (AvgIpc) is 2.71. The standard InChI is InChI=1S/C9H6N2O5/c1-15-9(12)7-5-3-2-4-6(11(13)14)8(5)16-10-7/h2-4H,1H3. The fourth-order valence-corrected chi connectivity index (χ4v) is 1.34. The van der Waals surface area contributed by atoms with E-state index in [0.29, 0.717) is 0 Å². The van der Waals surface area contributed by atoms with Gasteiger partial charge in [0.25, 0.3) is 0 Å². The molecule has 1 aromatic carbocycles. The van der Waals surface area contributed by atoms with Crippen LogP contribution in [-0.4, -0.2) is 23.2 Å². The lowest BCUT2D eigenvalue weighted by molar-refractivity contribution is -0.383. The largest absolute Gasteiger partial charge is 0.464 e. The Morgan fingerprint density at radius 1 is 1.56 bits per heavy atom. The van der Waals surface area contributed by atoms with Crippen molar-refractivity contribution >= 4 is 22.6 Å². The van der Waals surface area contributed by atoms with Gasteiger partial charge in [-0.2, -0.15) is 0 Å². The maximum Gasteiger partial charge on any atom is 0.360 e. The molecule has 0 atom stereocenters. The molecule has 1 heterocycles. The van der Waals surface area contributed by atoms with Gasteiger partial charge in [-0.1, -0.05) is 11.2 Å². The zero-order valence-electron chi connectivity index (χ0n) is 8.17. The number of ether oxygens (including phenoxy) is 1. The fourth-order valence-electron chi connectivity index (χ4n) is 1.34. The molecule has 0 amide bonds. The lowest BCUT2D eigenvalue weighted by atomic mass is 10.2. The summed E-state index contributed by atoms with van der Waals surface area (Å²) in [6.07, 6.45) is 0. The van der Waals surface area contributed by atoms with Crippen LogP contribution >= 0.6 is 0 Å². The van der Waals surface area contributed by atoms with Crippen molar-refractivity contribution in [1.29, 1.82) is 0 Å². The molecule has 0 unspecified atom stereocenters. The Bertz CT molecular complexity index is 574. The molecule has 2 aromatic rings. The quantitative estimate of drug-likeness (QED) is 0.434. The summed E-state index contributed by atoms with van der Waals surface area (Å²) in [5.41, 5.74) is -0.339. The van der Waals surface area contributed by atoms with Crippen molar-refractivity contribution < 1.29 is 19.0 Å². The van der Waals surface area contributed by atoms with Gasteiger partial charge in [-0.05, 0) is 6.07 Å². The maximum absolute atomic E-state index is 11.3. The average molecular weight is 222 g/mol. The summed E-state index contributed by atoms with van der Waals surface area (Å²) in [6, 6.07) is 4.23. The van der Waals surface area contributed by atoms with Gasteiger partial charge in [0.1, 0.15) is 0 Å². The summed E-state index contributed by atoms with van der Waals surface area (Å²) in [7, 11) is 1.19. The number of hydrogen-bond acceptors (Lipinski definition) is 6. The first-order chi connectivity index (χ1) is 7.65. The Kier molecular flexibility index (Phi) is 2.28. The molecule has 7 heteroatoms. The second-order valence-electron chi connectivity index (χ2n) is 2.93. The van der Waals surface area contributed by atoms with Crippen LogP contribution in [0.1, 0.15) is 10.5 Å². The lowest BCUT2D eigenvalue weighted by Gasteiger charge is -1.93. The van der Waals surface area contributed by atoms with Crippen LogP contribution in [0.25, 0.3) is 11.0 Å². The maximum atomic E-state index is 11.3. The molecule has 2 rings (SSSR count). The minimum atomic E-state index is -0.695. The predicted molar refractivity (Wildman–Crippen MR) is 52.0 cm³/mol. The van der Waals surface area contributed by atoms with Crippen LogP contribution in [0.5, 0.6) is 0 Å². The zero-order valence-corrected chi connectivity index (χ0v) is 8.17. The van der Waals surface area contributed by atoms with Crippen molar-refractivity contribution in [2.75, 3.05) is 7.11 Å². The number of carbonyl (C=O) groups is 1. The Hall–Kier alpha value is -2.44. The number of methoxy groups -OCH3 is 1. The summed E-state index contributed by atoms with van der Waals surface area (Å²) in [6.45, 7) is 0. The first-order valence-corrected chi connectivity index (χ1v) is 4.26. The van der Waals surface area contributed by atoms with E-state index in [1.807, 2.05) is 0 Å². The van der Waals surface area contributed by atoms with E-state index in [1.165, 1.54) is 25.3 Å². The summed E-state index contributed by atoms with van der Waals surface area (Å²) in [4.78, 5) is 21.3. The Morgan fingerprint density at radius 3 is 2.94 bits per heavy atom. The monoisotopic (exact) mass is 222 g/mol. The topological polar surface area (TPSA) is 95.5 Å². The van der Waals surface area contributed by atoms with E-state index in [9.17, 15) is 14.9 Å². The number of nitro benzene ring substituents is 1. The number of non-ortho nitro benzene ring substituents is 1. The van der Waals surface area contributed by atoms with Crippen LogP contribution in [0.3, 0.4) is 0 Å². The number of nitro groups is 1. The summed E-state index contributed by atoms with van der Waals surface area (Å²) in [5.74, 6) is -0.695. The molecule has 0 saturated carbocycles. The van der Waals surface area contributed by atoms with E-state index in [1.54, 1.807) is 0 Å². The van der Waals surface area contributed by atoms with Crippen molar-refractivity contribution in [2.45, 2.75) is 0 Å². The van der Waals surface area contributed by atoms with Gasteiger partial charge in [-0.15, -0.1) is 0 Å². The SMILES string of the molecule is COC(=O)c1noc2c([N+](=O)[O-])cccc12. The molecular formula is C9H6N2O5. The Balaban J connectivity index is 2.71. The number of aromatic nitrogens is 1. The molecule has 0 fully saturated rings. The second-order valence-corrected chi connectivity index (χ2v) is 2.93. The summed E-state index contributed by atoms with van der Waals surface area (Å²) in [5, 5.41) is 14.4. The number of nitrogens with zero attached hydrogens (tertiary/aromatic N) is 2. The third kappa shape index (κ3) is 1.38. The van der Waals surface area contributed by atoms with Crippen LogP contribution in [-0.2, 0) is 4.74 Å². The van der Waals surface area contributed by atoms with Crippen molar-refractivity contribution in [3.8, 4) is 0 Å². The van der Waals surface area contributed by atoms with Crippen LogP contribution in [0.2, 0.25) is 0 Å². The molecule has 0 aliphatic rings. The number of para-hydroxylation sites is 1. The zero-order chi connectivity index (χ0) is 11.7. The highest BCUT2D eigenvalue weighted by Crippen LogP contribution is 2.27. The Morgan fingerprint density at radius 2 is 2.31 bits per heavy atom. The van der Waals surface area contributed by atoms with Crippen molar-refractivity contribution in [2.24, 2.45) is 0 Å². The number of carbonyl (C=O) groups excluding carboxylic acids is 1. The van der Waals surface area contributed by atoms with Crippen molar-refractivity contribution in [1.82, 2.24) is 5.16 Å². The summed E-state index contributed by atoms with van der Waals surface area (Å²) >= 11 is 0. The van der Waals surface area contributed by atoms with Gasteiger partial charge in [-0.3, -0.25) is 10.1 Å². The van der Waals surface area contributed by atoms with E-state index < -0.39 is 10.9 Å². The smallest absolute Gasteiger partial charge is 0.360 e. The first kappa shape index (κ1) is 10.1. The highest BCUT2D eigenvalue weighted by Gasteiger charge is 2.22. The molecule has 16 heavy (non-hydrogen) atoms. The highest BCUT2D eigenvalue weighted by molar-refractivity contribution is 6.03. The number of hydrogen-bond donors (Lipinski definition) is 0. The third-order valence-electron chi connectivity index (χ3n) is 2.05. The number of rotatable bonds is 2. The number of esters is 1.